The summed E-state index contributed by atoms with van der Waals surface area (Å²) in [5, 5.41) is 0. The molecule has 0 radical (unpaired) electrons. The molecule has 0 N–H and O–H groups in total. The minimum atomic E-state index is -3.71. The van der Waals surface area contributed by atoms with Crippen molar-refractivity contribution in [3.05, 3.63) is 132 Å². The van der Waals surface area contributed by atoms with Gasteiger partial charge in [0.15, 0.2) is 0 Å². The van der Waals surface area contributed by atoms with Gasteiger partial charge in [0.25, 0.3) is 0 Å². The lowest BCUT2D eigenvalue weighted by Crippen LogP contribution is -2.32. The SMILES string of the molecule is Cc1nc2ccccc2n1Cc1ccc(S(=O)(=O)N(C)C(Cc2ccccc2)c2ccccc2)cc1. The van der Waals surface area contributed by atoms with Crippen LogP contribution in [0.5, 0.6) is 0 Å². The molecule has 0 amide bonds. The van der Waals surface area contributed by atoms with Gasteiger partial charge < -0.3 is 4.57 Å². The average Bonchev–Trinajstić information content (AvgIpc) is 3.23. The van der Waals surface area contributed by atoms with Crippen LogP contribution in [0.15, 0.2) is 114 Å². The Balaban J connectivity index is 1.42. The first kappa shape index (κ1) is 24.0. The highest BCUT2D eigenvalue weighted by molar-refractivity contribution is 7.89. The van der Waals surface area contributed by atoms with Gasteiger partial charge in [-0.3, -0.25) is 0 Å². The van der Waals surface area contributed by atoms with Crippen LogP contribution in [0.4, 0.5) is 0 Å². The van der Waals surface area contributed by atoms with Crippen LogP contribution in [-0.4, -0.2) is 29.3 Å². The smallest absolute Gasteiger partial charge is 0.243 e. The first-order valence-electron chi connectivity index (χ1n) is 12.0. The Morgan fingerprint density at radius 2 is 1.39 bits per heavy atom. The highest BCUT2D eigenvalue weighted by atomic mass is 32.2. The molecular weight excluding hydrogens is 466 g/mol. The quantitative estimate of drug-likeness (QED) is 0.265. The molecule has 1 atom stereocenters. The van der Waals surface area contributed by atoms with Crippen LogP contribution in [0.25, 0.3) is 11.0 Å². The predicted octanol–water partition coefficient (Wildman–Crippen LogP) is 6.00. The molecule has 5 nitrogen and oxygen atoms in total. The number of aryl methyl sites for hydroxylation is 1. The highest BCUT2D eigenvalue weighted by Gasteiger charge is 2.29. The Morgan fingerprint density at radius 3 is 2.08 bits per heavy atom. The molecule has 0 saturated heterocycles. The molecule has 1 aromatic heterocycles. The number of rotatable bonds is 8. The van der Waals surface area contributed by atoms with Gasteiger partial charge in [-0.2, -0.15) is 4.31 Å². The van der Waals surface area contributed by atoms with Crippen molar-refractivity contribution in [3.8, 4) is 0 Å². The molecular formula is C30H29N3O2S. The largest absolute Gasteiger partial charge is 0.324 e. The van der Waals surface area contributed by atoms with Gasteiger partial charge in [-0.25, -0.2) is 13.4 Å². The maximum absolute atomic E-state index is 13.7. The van der Waals surface area contributed by atoms with Gasteiger partial charge in [0, 0.05) is 13.6 Å². The van der Waals surface area contributed by atoms with Crippen LogP contribution in [0.1, 0.15) is 28.6 Å². The van der Waals surface area contributed by atoms with Crippen LogP contribution in [0.3, 0.4) is 0 Å². The van der Waals surface area contributed by atoms with Crippen LogP contribution >= 0.6 is 0 Å². The Labute approximate surface area is 212 Å². The minimum Gasteiger partial charge on any atom is -0.324 e. The van der Waals surface area contributed by atoms with E-state index in [1.807, 2.05) is 97.9 Å². The van der Waals surface area contributed by atoms with Crippen LogP contribution in [-0.2, 0) is 23.0 Å². The second kappa shape index (κ2) is 10.1. The van der Waals surface area contributed by atoms with Crippen molar-refractivity contribution in [1.29, 1.82) is 0 Å². The fraction of sp³-hybridized carbons (Fsp3) is 0.167. The Kier molecular flexibility index (Phi) is 6.72. The molecule has 5 aromatic rings. The van der Waals surface area contributed by atoms with Crippen molar-refractivity contribution >= 4 is 21.1 Å². The maximum Gasteiger partial charge on any atom is 0.243 e. The van der Waals surface area contributed by atoms with E-state index in [2.05, 4.69) is 15.6 Å². The number of hydrogen-bond donors (Lipinski definition) is 0. The minimum absolute atomic E-state index is 0.287. The molecule has 0 aliphatic heterocycles. The average molecular weight is 496 g/mol. The topological polar surface area (TPSA) is 55.2 Å². The molecule has 0 spiro atoms. The van der Waals surface area contributed by atoms with E-state index in [0.717, 1.165) is 33.5 Å². The van der Waals surface area contributed by atoms with Crippen LogP contribution in [0, 0.1) is 6.92 Å². The van der Waals surface area contributed by atoms with E-state index in [0.29, 0.717) is 13.0 Å². The molecule has 1 unspecified atom stereocenters. The predicted molar refractivity (Wildman–Crippen MR) is 144 cm³/mol. The van der Waals surface area contributed by atoms with E-state index in [1.165, 1.54) is 4.31 Å². The lowest BCUT2D eigenvalue weighted by atomic mass is 9.99. The monoisotopic (exact) mass is 495 g/mol. The van der Waals surface area contributed by atoms with Crippen molar-refractivity contribution in [2.75, 3.05) is 7.05 Å². The summed E-state index contributed by atoms with van der Waals surface area (Å²) in [7, 11) is -2.04. The maximum atomic E-state index is 13.7. The van der Waals surface area contributed by atoms with Crippen molar-refractivity contribution < 1.29 is 8.42 Å². The Morgan fingerprint density at radius 1 is 0.778 bits per heavy atom. The third-order valence-electron chi connectivity index (χ3n) is 6.68. The van der Waals surface area contributed by atoms with E-state index >= 15 is 0 Å². The zero-order chi connectivity index (χ0) is 25.1. The molecule has 5 rings (SSSR count). The van der Waals surface area contributed by atoms with Crippen LogP contribution < -0.4 is 0 Å². The van der Waals surface area contributed by atoms with Gasteiger partial charge in [0.05, 0.1) is 22.0 Å². The molecule has 36 heavy (non-hydrogen) atoms. The number of likely N-dealkylation sites (N-methyl/N-ethyl adjacent to an activating group) is 1. The second-order valence-electron chi connectivity index (χ2n) is 9.02. The molecule has 1 heterocycles. The lowest BCUT2D eigenvalue weighted by molar-refractivity contribution is 0.373. The van der Waals surface area contributed by atoms with Gasteiger partial charge in [0.2, 0.25) is 10.0 Å². The number of fused-ring (bicyclic) bond motifs is 1. The van der Waals surface area contributed by atoms with Gasteiger partial charge in [0.1, 0.15) is 5.82 Å². The summed E-state index contributed by atoms with van der Waals surface area (Å²) >= 11 is 0. The Hall–Kier alpha value is -3.74. The van der Waals surface area contributed by atoms with E-state index in [-0.39, 0.29) is 10.9 Å². The molecule has 182 valence electrons. The fourth-order valence-electron chi connectivity index (χ4n) is 4.65. The van der Waals surface area contributed by atoms with Gasteiger partial charge in [-0.05, 0) is 54.3 Å². The molecule has 4 aromatic carbocycles. The summed E-state index contributed by atoms with van der Waals surface area (Å²) < 4.78 is 31.1. The highest BCUT2D eigenvalue weighted by Crippen LogP contribution is 2.29. The zero-order valence-corrected chi connectivity index (χ0v) is 21.3. The second-order valence-corrected chi connectivity index (χ2v) is 11.0. The van der Waals surface area contributed by atoms with Gasteiger partial charge >= 0.3 is 0 Å². The van der Waals surface area contributed by atoms with Crippen molar-refractivity contribution in [1.82, 2.24) is 13.9 Å². The number of nitrogens with zero attached hydrogens (tertiary/aromatic N) is 3. The Bertz CT molecular complexity index is 1560. The summed E-state index contributed by atoms with van der Waals surface area (Å²) in [6.45, 7) is 2.62. The number of hydrogen-bond acceptors (Lipinski definition) is 3. The number of para-hydroxylation sites is 2. The normalized spacial score (nSPS) is 12.8. The lowest BCUT2D eigenvalue weighted by Gasteiger charge is -2.28. The molecule has 0 saturated carbocycles. The van der Waals surface area contributed by atoms with E-state index in [1.54, 1.807) is 19.2 Å². The van der Waals surface area contributed by atoms with E-state index in [4.69, 9.17) is 0 Å². The number of sulfonamides is 1. The fourth-order valence-corrected chi connectivity index (χ4v) is 5.99. The molecule has 0 aliphatic rings. The first-order valence-corrected chi connectivity index (χ1v) is 13.5. The molecule has 6 heteroatoms. The van der Waals surface area contributed by atoms with E-state index < -0.39 is 10.0 Å². The summed E-state index contributed by atoms with van der Waals surface area (Å²) in [6.07, 6.45) is 0.589. The zero-order valence-electron chi connectivity index (χ0n) is 20.5. The standard InChI is InChI=1S/C30H29N3O2S/c1-23-31-28-15-9-10-16-29(28)33(23)22-25-17-19-27(20-18-25)36(34,35)32(2)30(26-13-7-4-8-14-26)21-24-11-5-3-6-12-24/h3-20,30H,21-22H2,1-2H3. The first-order chi connectivity index (χ1) is 17.4. The molecule has 0 fully saturated rings. The molecule has 0 bridgehead atoms. The van der Waals surface area contributed by atoms with Crippen molar-refractivity contribution in [3.63, 3.8) is 0 Å². The van der Waals surface area contributed by atoms with E-state index in [9.17, 15) is 8.42 Å². The van der Waals surface area contributed by atoms with Gasteiger partial charge in [-0.1, -0.05) is 84.9 Å². The molecule has 0 aliphatic carbocycles. The van der Waals surface area contributed by atoms with Gasteiger partial charge in [-0.15, -0.1) is 0 Å². The summed E-state index contributed by atoms with van der Waals surface area (Å²) in [6, 6.07) is 34.7. The third kappa shape index (κ3) is 4.83. The summed E-state index contributed by atoms with van der Waals surface area (Å²) in [5.74, 6) is 0.930. The number of aromatic nitrogens is 2. The third-order valence-corrected chi connectivity index (χ3v) is 8.56. The number of benzene rings is 4. The number of imidazole rings is 1. The van der Waals surface area contributed by atoms with Crippen molar-refractivity contribution in [2.24, 2.45) is 0 Å². The van der Waals surface area contributed by atoms with Crippen LogP contribution in [0.2, 0.25) is 0 Å². The summed E-state index contributed by atoms with van der Waals surface area (Å²) in [5.41, 5.74) is 5.10. The van der Waals surface area contributed by atoms with Crippen molar-refractivity contribution in [2.45, 2.75) is 30.8 Å². The summed E-state index contributed by atoms with van der Waals surface area (Å²) in [4.78, 5) is 4.92.